The number of hydrogen-bond donors (Lipinski definition) is 0. The van der Waals surface area contributed by atoms with E-state index in [4.69, 9.17) is 14.2 Å². The van der Waals surface area contributed by atoms with Crippen LogP contribution in [0.2, 0.25) is 0 Å². The van der Waals surface area contributed by atoms with Crippen molar-refractivity contribution in [2.45, 2.75) is 11.2 Å². The van der Waals surface area contributed by atoms with Crippen LogP contribution in [0.3, 0.4) is 0 Å². The summed E-state index contributed by atoms with van der Waals surface area (Å²) >= 11 is 0. The van der Waals surface area contributed by atoms with Gasteiger partial charge in [0.05, 0.1) is 30.7 Å². The van der Waals surface area contributed by atoms with E-state index in [-0.39, 0.29) is 10.6 Å². The van der Waals surface area contributed by atoms with Gasteiger partial charge in [-0.1, -0.05) is 42.5 Å². The van der Waals surface area contributed by atoms with Gasteiger partial charge in [0.2, 0.25) is 5.78 Å². The zero-order valence-electron chi connectivity index (χ0n) is 17.8. The first-order valence-corrected chi connectivity index (χ1v) is 11.8. The number of ketones is 1. The molecule has 168 valence electrons. The van der Waals surface area contributed by atoms with E-state index in [1.807, 2.05) is 0 Å². The summed E-state index contributed by atoms with van der Waals surface area (Å²) in [6.07, 6.45) is -0.452. The predicted molar refractivity (Wildman–Crippen MR) is 122 cm³/mol. The molecule has 3 aromatic carbocycles. The largest absolute Gasteiger partial charge is 0.497 e. The van der Waals surface area contributed by atoms with Crippen LogP contribution in [0.1, 0.15) is 27.9 Å². The summed E-state index contributed by atoms with van der Waals surface area (Å²) < 4.78 is 44.6. The van der Waals surface area contributed by atoms with Gasteiger partial charge in [0.1, 0.15) is 11.4 Å². The molecule has 4 aromatic rings. The minimum atomic E-state index is -4.03. The Hall–Kier alpha value is -3.46. The maximum absolute atomic E-state index is 13.6. The van der Waals surface area contributed by atoms with Crippen LogP contribution in [-0.4, -0.2) is 38.5 Å². The summed E-state index contributed by atoms with van der Waals surface area (Å²) in [6.45, 7) is 1.04. The third-order valence-electron chi connectivity index (χ3n) is 5.55. The van der Waals surface area contributed by atoms with Crippen molar-refractivity contribution in [1.29, 1.82) is 0 Å². The standard InChI is InChI=1S/C25H21NO6S/c1-30-20-11-12-22-19(15-20)16-23(26(22)33(28,29)21-5-3-2-4-6-21)24(27)17-7-9-18(10-8-17)25-31-13-14-32-25/h2-12,15-16,25H,13-14H2,1H3. The monoisotopic (exact) mass is 463 g/mol. The fourth-order valence-corrected chi connectivity index (χ4v) is 5.43. The number of fused-ring (bicyclic) bond motifs is 1. The lowest BCUT2D eigenvalue weighted by atomic mass is 10.1. The molecule has 5 rings (SSSR count). The highest BCUT2D eigenvalue weighted by molar-refractivity contribution is 7.90. The van der Waals surface area contributed by atoms with E-state index >= 15 is 0 Å². The van der Waals surface area contributed by atoms with Crippen molar-refractivity contribution in [1.82, 2.24) is 3.97 Å². The number of carbonyl (C=O) groups excluding carboxylic acids is 1. The highest BCUT2D eigenvalue weighted by atomic mass is 32.2. The molecule has 2 heterocycles. The van der Waals surface area contributed by atoms with Crippen molar-refractivity contribution in [3.63, 3.8) is 0 Å². The molecule has 1 aliphatic rings. The number of methoxy groups -OCH3 is 1. The van der Waals surface area contributed by atoms with E-state index < -0.39 is 22.1 Å². The number of ether oxygens (including phenoxy) is 3. The summed E-state index contributed by atoms with van der Waals surface area (Å²) in [5.74, 6) is 0.154. The fraction of sp³-hybridized carbons (Fsp3) is 0.160. The van der Waals surface area contributed by atoms with E-state index in [2.05, 4.69) is 0 Å². The minimum absolute atomic E-state index is 0.0447. The topological polar surface area (TPSA) is 83.8 Å². The Balaban J connectivity index is 1.64. The van der Waals surface area contributed by atoms with Gasteiger partial charge in [-0.05, 0) is 36.4 Å². The van der Waals surface area contributed by atoms with Crippen LogP contribution >= 0.6 is 0 Å². The van der Waals surface area contributed by atoms with Crippen molar-refractivity contribution in [2.75, 3.05) is 20.3 Å². The Bertz CT molecular complexity index is 1420. The number of nitrogens with zero attached hydrogens (tertiary/aromatic N) is 1. The van der Waals surface area contributed by atoms with E-state index in [1.165, 1.54) is 19.2 Å². The SMILES string of the molecule is COc1ccc2c(c1)cc(C(=O)c1ccc(C3OCCO3)cc1)n2S(=O)(=O)c1ccccc1. The van der Waals surface area contributed by atoms with Gasteiger partial charge in [0.15, 0.2) is 6.29 Å². The van der Waals surface area contributed by atoms with Crippen molar-refractivity contribution in [3.8, 4) is 5.75 Å². The summed E-state index contributed by atoms with van der Waals surface area (Å²) in [5.41, 5.74) is 1.60. The van der Waals surface area contributed by atoms with Gasteiger partial charge in [-0.15, -0.1) is 0 Å². The van der Waals surface area contributed by atoms with Crippen molar-refractivity contribution >= 4 is 26.7 Å². The Kier molecular flexibility index (Phi) is 5.49. The summed E-state index contributed by atoms with van der Waals surface area (Å²) in [7, 11) is -2.50. The van der Waals surface area contributed by atoms with Gasteiger partial charge in [0, 0.05) is 16.5 Å². The van der Waals surface area contributed by atoms with Gasteiger partial charge in [-0.2, -0.15) is 0 Å². The van der Waals surface area contributed by atoms with Crippen LogP contribution < -0.4 is 4.74 Å². The first-order valence-electron chi connectivity index (χ1n) is 10.4. The van der Waals surface area contributed by atoms with Crippen molar-refractivity contribution < 1.29 is 27.4 Å². The number of rotatable bonds is 6. The quantitative estimate of drug-likeness (QED) is 0.399. The third-order valence-corrected chi connectivity index (χ3v) is 7.29. The Morgan fingerprint density at radius 2 is 1.64 bits per heavy atom. The molecule has 0 atom stereocenters. The zero-order chi connectivity index (χ0) is 23.0. The van der Waals surface area contributed by atoms with Gasteiger partial charge >= 0.3 is 0 Å². The van der Waals surface area contributed by atoms with Crippen LogP contribution in [0, 0.1) is 0 Å². The normalized spacial score (nSPS) is 14.6. The molecule has 0 spiro atoms. The molecule has 1 aromatic heterocycles. The smallest absolute Gasteiger partial charge is 0.268 e. The van der Waals surface area contributed by atoms with Crippen LogP contribution in [0.5, 0.6) is 5.75 Å². The van der Waals surface area contributed by atoms with Gasteiger partial charge < -0.3 is 14.2 Å². The fourth-order valence-electron chi connectivity index (χ4n) is 3.90. The number of benzene rings is 3. The van der Waals surface area contributed by atoms with E-state index in [9.17, 15) is 13.2 Å². The van der Waals surface area contributed by atoms with E-state index in [0.717, 1.165) is 9.54 Å². The third kappa shape index (κ3) is 3.82. The van der Waals surface area contributed by atoms with E-state index in [1.54, 1.807) is 66.7 Å². The van der Waals surface area contributed by atoms with Crippen LogP contribution in [-0.2, 0) is 19.5 Å². The lowest BCUT2D eigenvalue weighted by Crippen LogP contribution is -2.19. The molecule has 8 heteroatoms. The van der Waals surface area contributed by atoms with Crippen molar-refractivity contribution in [2.24, 2.45) is 0 Å². The van der Waals surface area contributed by atoms with Gasteiger partial charge in [0.25, 0.3) is 10.0 Å². The molecule has 0 aliphatic carbocycles. The number of hydrogen-bond acceptors (Lipinski definition) is 6. The van der Waals surface area contributed by atoms with Crippen LogP contribution in [0.25, 0.3) is 10.9 Å². The first kappa shape index (κ1) is 21.4. The number of aromatic nitrogens is 1. The maximum Gasteiger partial charge on any atom is 0.268 e. The Morgan fingerprint density at radius 3 is 2.30 bits per heavy atom. The predicted octanol–water partition coefficient (Wildman–Crippen LogP) is 4.16. The highest BCUT2D eigenvalue weighted by Crippen LogP contribution is 2.30. The van der Waals surface area contributed by atoms with Crippen molar-refractivity contribution in [3.05, 3.63) is 95.7 Å². The molecule has 0 saturated carbocycles. The first-order chi connectivity index (χ1) is 16.0. The molecule has 33 heavy (non-hydrogen) atoms. The summed E-state index contributed by atoms with van der Waals surface area (Å²) in [4.78, 5) is 13.6. The molecule has 0 N–H and O–H groups in total. The molecule has 1 aliphatic heterocycles. The lowest BCUT2D eigenvalue weighted by Gasteiger charge is -2.13. The average molecular weight is 464 g/mol. The molecule has 0 radical (unpaired) electrons. The Morgan fingerprint density at radius 1 is 0.939 bits per heavy atom. The second kappa shape index (κ2) is 8.47. The average Bonchev–Trinajstić information content (AvgIpc) is 3.52. The molecule has 1 fully saturated rings. The zero-order valence-corrected chi connectivity index (χ0v) is 18.6. The lowest BCUT2D eigenvalue weighted by molar-refractivity contribution is -0.0441. The van der Waals surface area contributed by atoms with E-state index in [0.29, 0.717) is 35.4 Å². The van der Waals surface area contributed by atoms with Crippen LogP contribution in [0.4, 0.5) is 0 Å². The van der Waals surface area contributed by atoms with Crippen LogP contribution in [0.15, 0.2) is 83.8 Å². The second-order valence-corrected chi connectivity index (χ2v) is 9.35. The summed E-state index contributed by atoms with van der Waals surface area (Å²) in [5, 5.41) is 0.585. The summed E-state index contributed by atoms with van der Waals surface area (Å²) in [6, 6.07) is 21.5. The molecule has 0 unspecified atom stereocenters. The molecule has 0 bridgehead atoms. The molecular formula is C25H21NO6S. The Labute approximate surface area is 191 Å². The molecular weight excluding hydrogens is 442 g/mol. The maximum atomic E-state index is 13.6. The number of carbonyl (C=O) groups is 1. The molecule has 0 amide bonds. The van der Waals surface area contributed by atoms with Gasteiger partial charge in [-0.25, -0.2) is 12.4 Å². The highest BCUT2D eigenvalue weighted by Gasteiger charge is 2.27. The second-order valence-electron chi connectivity index (χ2n) is 7.56. The minimum Gasteiger partial charge on any atom is -0.497 e. The molecule has 1 saturated heterocycles. The van der Waals surface area contributed by atoms with Gasteiger partial charge in [-0.3, -0.25) is 4.79 Å². The molecule has 7 nitrogen and oxygen atoms in total.